The van der Waals surface area contributed by atoms with Crippen molar-refractivity contribution in [3.8, 4) is 0 Å². The van der Waals surface area contributed by atoms with Crippen molar-refractivity contribution in [1.29, 1.82) is 0 Å². The molecule has 0 aromatic heterocycles. The number of amides is 1. The average molecular weight is 290 g/mol. The highest BCUT2D eigenvalue weighted by Crippen LogP contribution is 2.25. The molecule has 0 bridgehead atoms. The highest BCUT2D eigenvalue weighted by atomic mass is 16.1. The average Bonchev–Trinajstić information content (AvgIpc) is 2.43. The lowest BCUT2D eigenvalue weighted by atomic mass is 9.93. The number of carbonyl (C=O) groups is 1. The lowest BCUT2D eigenvalue weighted by molar-refractivity contribution is 0.0929. The molecule has 1 aliphatic heterocycles. The van der Waals surface area contributed by atoms with Gasteiger partial charge in [-0.3, -0.25) is 4.79 Å². The number of fused-ring (bicyclic) bond motifs is 1. The summed E-state index contributed by atoms with van der Waals surface area (Å²) in [6, 6.07) is 5.74. The Morgan fingerprint density at radius 1 is 1.24 bits per heavy atom. The van der Waals surface area contributed by atoms with E-state index in [1.54, 1.807) is 0 Å². The summed E-state index contributed by atoms with van der Waals surface area (Å²) in [5, 5.41) is 9.65. The summed E-state index contributed by atoms with van der Waals surface area (Å²) in [6.07, 6.45) is 0. The molecule has 1 amide bonds. The van der Waals surface area contributed by atoms with Crippen molar-refractivity contribution in [3.05, 3.63) is 23.8 Å². The summed E-state index contributed by atoms with van der Waals surface area (Å²) >= 11 is 0. The number of benzene rings is 1. The van der Waals surface area contributed by atoms with Crippen LogP contribution in [0.1, 0.15) is 24.2 Å². The standard InChI is InChI=1S/C16H26N4O/c1-16(2,11-20(3)4)10-19-15(21)12-5-6-13-14(9-12)18-8-7-17-13/h5-6,9,17-18H,7-8,10-11H2,1-4H3,(H,19,21). The third-order valence-corrected chi connectivity index (χ3v) is 3.51. The van der Waals surface area contributed by atoms with Crippen molar-refractivity contribution in [2.45, 2.75) is 13.8 Å². The molecular weight excluding hydrogens is 264 g/mol. The van der Waals surface area contributed by atoms with Crippen molar-refractivity contribution in [2.24, 2.45) is 5.41 Å². The molecule has 0 aliphatic carbocycles. The largest absolute Gasteiger partial charge is 0.382 e. The Hall–Kier alpha value is -1.75. The third kappa shape index (κ3) is 4.36. The quantitative estimate of drug-likeness (QED) is 0.774. The zero-order valence-electron chi connectivity index (χ0n) is 13.4. The number of carbonyl (C=O) groups excluding carboxylic acids is 1. The van der Waals surface area contributed by atoms with E-state index in [0.29, 0.717) is 12.1 Å². The third-order valence-electron chi connectivity index (χ3n) is 3.51. The number of rotatable bonds is 5. The zero-order chi connectivity index (χ0) is 15.5. The molecule has 1 aliphatic rings. The first-order valence-corrected chi connectivity index (χ1v) is 7.42. The molecule has 2 rings (SSSR count). The highest BCUT2D eigenvalue weighted by Gasteiger charge is 2.20. The Balaban J connectivity index is 1.97. The first-order chi connectivity index (χ1) is 9.87. The molecule has 0 unspecified atom stereocenters. The molecule has 0 radical (unpaired) electrons. The number of anilines is 2. The molecular formula is C16H26N4O. The second kappa shape index (κ2) is 6.35. The van der Waals surface area contributed by atoms with Gasteiger partial charge >= 0.3 is 0 Å². The molecule has 0 fully saturated rings. The summed E-state index contributed by atoms with van der Waals surface area (Å²) in [4.78, 5) is 14.4. The zero-order valence-corrected chi connectivity index (χ0v) is 13.4. The van der Waals surface area contributed by atoms with Gasteiger partial charge in [-0.2, -0.15) is 0 Å². The first kappa shape index (κ1) is 15.6. The van der Waals surface area contributed by atoms with E-state index in [1.165, 1.54) is 0 Å². The van der Waals surface area contributed by atoms with Gasteiger partial charge in [-0.15, -0.1) is 0 Å². The molecule has 0 saturated carbocycles. The van der Waals surface area contributed by atoms with Gasteiger partial charge in [0, 0.05) is 31.7 Å². The predicted octanol–water partition coefficient (Wildman–Crippen LogP) is 1.84. The van der Waals surface area contributed by atoms with Crippen molar-refractivity contribution in [2.75, 3.05) is 50.9 Å². The van der Waals surface area contributed by atoms with Crippen LogP contribution < -0.4 is 16.0 Å². The van der Waals surface area contributed by atoms with Crippen LogP contribution in [0.15, 0.2) is 18.2 Å². The molecule has 1 aromatic carbocycles. The monoisotopic (exact) mass is 290 g/mol. The van der Waals surface area contributed by atoms with E-state index in [4.69, 9.17) is 0 Å². The molecule has 1 heterocycles. The minimum Gasteiger partial charge on any atom is -0.382 e. The molecule has 5 heteroatoms. The molecule has 1 aromatic rings. The van der Waals surface area contributed by atoms with Crippen LogP contribution in [0.25, 0.3) is 0 Å². The van der Waals surface area contributed by atoms with E-state index >= 15 is 0 Å². The Bertz CT molecular complexity index is 511. The first-order valence-electron chi connectivity index (χ1n) is 7.42. The van der Waals surface area contributed by atoms with Crippen molar-refractivity contribution in [3.63, 3.8) is 0 Å². The van der Waals surface area contributed by atoms with Crippen LogP contribution in [0.3, 0.4) is 0 Å². The van der Waals surface area contributed by atoms with Gasteiger partial charge < -0.3 is 20.9 Å². The Labute approximate surface area is 127 Å². The minimum atomic E-state index is -0.0167. The van der Waals surface area contributed by atoms with Gasteiger partial charge in [-0.25, -0.2) is 0 Å². The fourth-order valence-electron chi connectivity index (χ4n) is 2.71. The van der Waals surface area contributed by atoms with Crippen LogP contribution in [0.2, 0.25) is 0 Å². The molecule has 3 N–H and O–H groups in total. The van der Waals surface area contributed by atoms with Crippen LogP contribution in [-0.4, -0.2) is 51.1 Å². The van der Waals surface area contributed by atoms with E-state index < -0.39 is 0 Å². The van der Waals surface area contributed by atoms with Gasteiger partial charge in [0.05, 0.1) is 11.4 Å². The summed E-state index contributed by atoms with van der Waals surface area (Å²) in [5.41, 5.74) is 2.81. The second-order valence-corrected chi connectivity index (χ2v) is 6.70. The van der Waals surface area contributed by atoms with Gasteiger partial charge in [-0.05, 0) is 37.7 Å². The number of hydrogen-bond donors (Lipinski definition) is 3. The van der Waals surface area contributed by atoms with Crippen LogP contribution >= 0.6 is 0 Å². The fourth-order valence-corrected chi connectivity index (χ4v) is 2.71. The number of hydrogen-bond acceptors (Lipinski definition) is 4. The fraction of sp³-hybridized carbons (Fsp3) is 0.562. The van der Waals surface area contributed by atoms with E-state index in [1.807, 2.05) is 32.3 Å². The molecule has 0 spiro atoms. The SMILES string of the molecule is CN(C)CC(C)(C)CNC(=O)c1ccc2c(c1)NCCN2. The van der Waals surface area contributed by atoms with Gasteiger partial charge in [0.2, 0.25) is 0 Å². The Morgan fingerprint density at radius 3 is 2.57 bits per heavy atom. The maximum absolute atomic E-state index is 12.3. The van der Waals surface area contributed by atoms with Crippen molar-refractivity contribution < 1.29 is 4.79 Å². The van der Waals surface area contributed by atoms with E-state index in [-0.39, 0.29) is 11.3 Å². The van der Waals surface area contributed by atoms with Gasteiger partial charge in [0.15, 0.2) is 0 Å². The van der Waals surface area contributed by atoms with Crippen LogP contribution in [0.5, 0.6) is 0 Å². The Morgan fingerprint density at radius 2 is 1.90 bits per heavy atom. The van der Waals surface area contributed by atoms with Crippen LogP contribution in [0, 0.1) is 5.41 Å². The summed E-state index contributed by atoms with van der Waals surface area (Å²) in [5.74, 6) is -0.0167. The Kier molecular flexibility index (Phi) is 4.73. The van der Waals surface area contributed by atoms with Crippen molar-refractivity contribution in [1.82, 2.24) is 10.2 Å². The topological polar surface area (TPSA) is 56.4 Å². The predicted molar refractivity (Wildman–Crippen MR) is 88.1 cm³/mol. The van der Waals surface area contributed by atoms with Crippen LogP contribution in [-0.2, 0) is 0 Å². The maximum atomic E-state index is 12.3. The highest BCUT2D eigenvalue weighted by molar-refractivity contribution is 5.96. The van der Waals surface area contributed by atoms with Gasteiger partial charge in [0.1, 0.15) is 0 Å². The molecule has 5 nitrogen and oxygen atoms in total. The van der Waals surface area contributed by atoms with Gasteiger partial charge in [0.25, 0.3) is 5.91 Å². The van der Waals surface area contributed by atoms with E-state index in [2.05, 4.69) is 34.7 Å². The normalized spacial score (nSPS) is 14.1. The maximum Gasteiger partial charge on any atom is 0.251 e. The minimum absolute atomic E-state index is 0.0167. The smallest absolute Gasteiger partial charge is 0.251 e. The van der Waals surface area contributed by atoms with Crippen LogP contribution in [0.4, 0.5) is 11.4 Å². The second-order valence-electron chi connectivity index (χ2n) is 6.70. The number of nitrogens with one attached hydrogen (secondary N) is 3. The summed E-state index contributed by atoms with van der Waals surface area (Å²) in [7, 11) is 4.09. The van der Waals surface area contributed by atoms with E-state index in [0.717, 1.165) is 31.0 Å². The lowest BCUT2D eigenvalue weighted by Gasteiger charge is -2.28. The van der Waals surface area contributed by atoms with Gasteiger partial charge in [-0.1, -0.05) is 13.8 Å². The van der Waals surface area contributed by atoms with Crippen molar-refractivity contribution >= 4 is 17.3 Å². The molecule has 0 saturated heterocycles. The molecule has 21 heavy (non-hydrogen) atoms. The van der Waals surface area contributed by atoms with E-state index in [9.17, 15) is 4.79 Å². The lowest BCUT2D eigenvalue weighted by Crippen LogP contribution is -2.40. The summed E-state index contributed by atoms with van der Waals surface area (Å²) < 4.78 is 0. The molecule has 0 atom stereocenters. The summed E-state index contributed by atoms with van der Waals surface area (Å²) in [6.45, 7) is 7.71. The molecule has 116 valence electrons. The number of nitrogens with zero attached hydrogens (tertiary/aromatic N) is 1.